The van der Waals surface area contributed by atoms with Crippen molar-refractivity contribution in [1.82, 2.24) is 19.6 Å². The summed E-state index contributed by atoms with van der Waals surface area (Å²) < 4.78 is 2.79. The molecular weight excluding hydrogens is 621 g/mol. The summed E-state index contributed by atoms with van der Waals surface area (Å²) in [7, 11) is 0. The Morgan fingerprint density at radius 3 is 2.46 bits per heavy atom. The van der Waals surface area contributed by atoms with Gasteiger partial charge in [-0.1, -0.05) is 99.7 Å². The summed E-state index contributed by atoms with van der Waals surface area (Å²) in [6.07, 6.45) is 20.6. The summed E-state index contributed by atoms with van der Waals surface area (Å²) in [5, 5.41) is 24.8. The molecule has 0 spiro atoms. The number of nitrogens with zero attached hydrogens (tertiary/aromatic N) is 5. The molecule has 2 aromatic heterocycles. The Hall–Kier alpha value is -6.07. The number of anilines is 1. The van der Waals surface area contributed by atoms with Gasteiger partial charge in [-0.3, -0.25) is 9.59 Å². The van der Waals surface area contributed by atoms with Crippen LogP contribution in [0.4, 0.5) is 5.82 Å². The highest BCUT2D eigenvalue weighted by Crippen LogP contribution is 2.45. The molecule has 8 heteroatoms. The predicted octanol–water partition coefficient (Wildman–Crippen LogP) is 8.41. The standard InChI is InChI=1S/C42H38N6O2/c1-41(2,3)34-22-23-35-29(24-34)26-44-48(40(35)50)38-21-13-20-37(36(38)28-49)47-27-30(25-43)39(46-47)45-42(31-14-7-4-8-15-31,32-16-9-5-10-17-32)33-18-11-6-12-19-33/h4-5,7-9,11,13-16,18-24,26-28H,6,10,12,17H2,1-3H3,(H,45,46). The smallest absolute Gasteiger partial charge is 0.279 e. The minimum atomic E-state index is -0.793. The van der Waals surface area contributed by atoms with E-state index >= 15 is 0 Å². The van der Waals surface area contributed by atoms with Crippen LogP contribution < -0.4 is 10.9 Å². The third-order valence-electron chi connectivity index (χ3n) is 9.58. The van der Waals surface area contributed by atoms with E-state index in [0.29, 0.717) is 34.4 Å². The molecule has 0 radical (unpaired) electrons. The van der Waals surface area contributed by atoms with Crippen molar-refractivity contribution in [3.8, 4) is 17.4 Å². The maximum atomic E-state index is 13.8. The molecule has 0 aliphatic heterocycles. The van der Waals surface area contributed by atoms with Gasteiger partial charge in [0.05, 0.1) is 34.7 Å². The number of aromatic nitrogens is 4. The number of carbonyl (C=O) groups excluding carboxylic acids is 1. The van der Waals surface area contributed by atoms with Crippen molar-refractivity contribution in [1.29, 1.82) is 5.26 Å². The van der Waals surface area contributed by atoms with Crippen molar-refractivity contribution in [3.63, 3.8) is 0 Å². The van der Waals surface area contributed by atoms with Gasteiger partial charge in [-0.15, -0.1) is 5.10 Å². The van der Waals surface area contributed by atoms with Crippen molar-refractivity contribution in [2.24, 2.45) is 0 Å². The Kier molecular flexibility index (Phi) is 8.50. The summed E-state index contributed by atoms with van der Waals surface area (Å²) in [6, 6.07) is 23.5. The van der Waals surface area contributed by atoms with Gasteiger partial charge in [0.1, 0.15) is 17.2 Å². The first kappa shape index (κ1) is 32.5. The summed E-state index contributed by atoms with van der Waals surface area (Å²) in [4.78, 5) is 26.6. The minimum absolute atomic E-state index is 0.0863. The lowest BCUT2D eigenvalue weighted by Crippen LogP contribution is -2.40. The number of carbonyl (C=O) groups is 1. The summed E-state index contributed by atoms with van der Waals surface area (Å²) >= 11 is 0. The van der Waals surface area contributed by atoms with E-state index in [0.717, 1.165) is 53.3 Å². The number of aldehydes is 1. The number of hydrogen-bond acceptors (Lipinski definition) is 6. The number of rotatable bonds is 8. The maximum absolute atomic E-state index is 13.8. The quantitative estimate of drug-likeness (QED) is 0.168. The van der Waals surface area contributed by atoms with Gasteiger partial charge in [0, 0.05) is 5.39 Å². The molecule has 7 rings (SSSR count). The third kappa shape index (κ3) is 5.71. The van der Waals surface area contributed by atoms with Gasteiger partial charge in [-0.05, 0) is 77.6 Å². The largest absolute Gasteiger partial charge is 0.350 e. The molecule has 1 N–H and O–H groups in total. The SMILES string of the molecule is CC(C)(C)c1ccc2c(=O)n(-c3cccc(-n4cc(C#N)c(NC(C5=CCCC=C5)(C5=CC=CCC5)c5ccccc5)n4)c3C=O)ncc2c1. The second kappa shape index (κ2) is 13.1. The Balaban J connectivity index is 1.36. The molecule has 2 aliphatic rings. The van der Waals surface area contributed by atoms with Crippen LogP contribution in [0.15, 0.2) is 132 Å². The van der Waals surface area contributed by atoms with E-state index in [-0.39, 0.29) is 16.5 Å². The molecule has 2 aliphatic carbocycles. The second-order valence-electron chi connectivity index (χ2n) is 13.7. The van der Waals surface area contributed by atoms with Crippen LogP contribution in [0.3, 0.4) is 0 Å². The van der Waals surface area contributed by atoms with Crippen molar-refractivity contribution in [2.75, 3.05) is 5.32 Å². The van der Waals surface area contributed by atoms with E-state index in [2.05, 4.69) is 85.8 Å². The first-order valence-corrected chi connectivity index (χ1v) is 16.9. The van der Waals surface area contributed by atoms with E-state index in [4.69, 9.17) is 5.10 Å². The van der Waals surface area contributed by atoms with Gasteiger partial charge in [0.25, 0.3) is 5.56 Å². The monoisotopic (exact) mass is 658 g/mol. The van der Waals surface area contributed by atoms with E-state index in [1.54, 1.807) is 30.6 Å². The third-order valence-corrected chi connectivity index (χ3v) is 9.58. The lowest BCUT2D eigenvalue weighted by molar-refractivity contribution is 0.112. The zero-order valence-corrected chi connectivity index (χ0v) is 28.4. The molecule has 0 saturated heterocycles. The molecule has 1 atom stereocenters. The lowest BCUT2D eigenvalue weighted by Gasteiger charge is -2.41. The van der Waals surface area contributed by atoms with Gasteiger partial charge >= 0.3 is 0 Å². The number of benzene rings is 3. The zero-order chi connectivity index (χ0) is 34.9. The van der Waals surface area contributed by atoms with Crippen LogP contribution >= 0.6 is 0 Å². The van der Waals surface area contributed by atoms with Crippen molar-refractivity contribution in [2.45, 2.75) is 57.4 Å². The van der Waals surface area contributed by atoms with Crippen molar-refractivity contribution in [3.05, 3.63) is 159 Å². The fourth-order valence-electron chi connectivity index (χ4n) is 6.94. The Morgan fingerprint density at radius 1 is 0.940 bits per heavy atom. The Bertz CT molecular complexity index is 2340. The average molecular weight is 659 g/mol. The van der Waals surface area contributed by atoms with Crippen LogP contribution in [-0.4, -0.2) is 25.8 Å². The van der Waals surface area contributed by atoms with E-state index in [1.165, 1.54) is 9.36 Å². The fourth-order valence-corrected chi connectivity index (χ4v) is 6.94. The lowest BCUT2D eigenvalue weighted by atomic mass is 9.72. The molecule has 1 unspecified atom stereocenters. The molecule has 50 heavy (non-hydrogen) atoms. The number of hydrogen-bond donors (Lipinski definition) is 1. The second-order valence-corrected chi connectivity index (χ2v) is 13.7. The average Bonchev–Trinajstić information content (AvgIpc) is 3.56. The van der Waals surface area contributed by atoms with Crippen LogP contribution in [0, 0.1) is 11.3 Å². The molecule has 0 amide bonds. The van der Waals surface area contributed by atoms with Crippen molar-refractivity contribution >= 4 is 22.9 Å². The van der Waals surface area contributed by atoms with Gasteiger partial charge in [-0.2, -0.15) is 15.0 Å². The molecule has 5 aromatic rings. The highest BCUT2D eigenvalue weighted by Gasteiger charge is 2.40. The number of nitrogens with one attached hydrogen (secondary N) is 1. The van der Waals surface area contributed by atoms with Crippen LogP contribution in [-0.2, 0) is 11.0 Å². The summed E-state index contributed by atoms with van der Waals surface area (Å²) in [5.41, 5.74) is 4.44. The predicted molar refractivity (Wildman–Crippen MR) is 198 cm³/mol. The molecule has 0 saturated carbocycles. The van der Waals surface area contributed by atoms with Gasteiger partial charge < -0.3 is 5.32 Å². The summed E-state index contributed by atoms with van der Waals surface area (Å²) in [5.74, 6) is 0.379. The minimum Gasteiger partial charge on any atom is -0.350 e. The first-order chi connectivity index (χ1) is 24.2. The van der Waals surface area contributed by atoms with Crippen LogP contribution in [0.25, 0.3) is 22.1 Å². The highest BCUT2D eigenvalue weighted by molar-refractivity contribution is 5.87. The molecule has 2 heterocycles. The Morgan fingerprint density at radius 2 is 1.76 bits per heavy atom. The number of allylic oxidation sites excluding steroid dienone is 5. The molecule has 0 bridgehead atoms. The molecule has 8 nitrogen and oxygen atoms in total. The molecule has 0 fully saturated rings. The van der Waals surface area contributed by atoms with Crippen LogP contribution in [0.5, 0.6) is 0 Å². The first-order valence-electron chi connectivity index (χ1n) is 16.9. The fraction of sp³-hybridized carbons (Fsp3) is 0.214. The zero-order valence-electron chi connectivity index (χ0n) is 28.4. The van der Waals surface area contributed by atoms with E-state index < -0.39 is 5.54 Å². The molecule has 3 aromatic carbocycles. The number of nitriles is 1. The van der Waals surface area contributed by atoms with Gasteiger partial charge in [0.15, 0.2) is 12.1 Å². The Labute approximate surface area is 291 Å². The summed E-state index contributed by atoms with van der Waals surface area (Å²) in [6.45, 7) is 6.36. The normalized spacial score (nSPS) is 15.6. The number of fused-ring (bicyclic) bond motifs is 1. The van der Waals surface area contributed by atoms with Gasteiger partial charge in [0.2, 0.25) is 0 Å². The molecular formula is C42H38N6O2. The van der Waals surface area contributed by atoms with Crippen LogP contribution in [0.2, 0.25) is 0 Å². The molecule has 248 valence electrons. The van der Waals surface area contributed by atoms with E-state index in [9.17, 15) is 14.9 Å². The van der Waals surface area contributed by atoms with Crippen molar-refractivity contribution < 1.29 is 4.79 Å². The maximum Gasteiger partial charge on any atom is 0.279 e. The topological polar surface area (TPSA) is 106 Å². The highest BCUT2D eigenvalue weighted by atomic mass is 16.1. The van der Waals surface area contributed by atoms with Crippen LogP contribution in [0.1, 0.15) is 73.5 Å². The van der Waals surface area contributed by atoms with Gasteiger partial charge in [-0.25, -0.2) is 4.68 Å². The van der Waals surface area contributed by atoms with E-state index in [1.807, 2.05) is 36.4 Å².